The number of carbonyl (C=O) groups is 1. The van der Waals surface area contributed by atoms with Crippen molar-refractivity contribution < 1.29 is 4.79 Å². The Morgan fingerprint density at radius 2 is 1.58 bits per heavy atom. The van der Waals surface area contributed by atoms with Gasteiger partial charge in [0.2, 0.25) is 0 Å². The van der Waals surface area contributed by atoms with E-state index in [1.54, 1.807) is 13.0 Å². The third-order valence-electron chi connectivity index (χ3n) is 5.59. The van der Waals surface area contributed by atoms with Gasteiger partial charge in [0.15, 0.2) is 0 Å². The van der Waals surface area contributed by atoms with E-state index in [4.69, 9.17) is 23.2 Å². The van der Waals surface area contributed by atoms with Crippen LogP contribution in [0, 0.1) is 5.92 Å². The van der Waals surface area contributed by atoms with E-state index in [9.17, 15) is 4.79 Å². The summed E-state index contributed by atoms with van der Waals surface area (Å²) < 4.78 is 0. The molecule has 2 heterocycles. The molecule has 0 N–H and O–H groups in total. The zero-order chi connectivity index (χ0) is 18.5. The average Bonchev–Trinajstić information content (AvgIpc) is 2.60. The lowest BCUT2D eigenvalue weighted by Crippen LogP contribution is -2.47. The van der Waals surface area contributed by atoms with E-state index in [0.29, 0.717) is 16.6 Å². The minimum atomic E-state index is 0.280. The summed E-state index contributed by atoms with van der Waals surface area (Å²) in [6.07, 6.45) is 3.74. The van der Waals surface area contributed by atoms with Gasteiger partial charge >= 0.3 is 0 Å². The second-order valence-corrected chi connectivity index (χ2v) is 8.54. The Morgan fingerprint density at radius 3 is 2.15 bits per heavy atom. The average molecular weight is 398 g/mol. The van der Waals surface area contributed by atoms with Crippen molar-refractivity contribution in [3.8, 4) is 0 Å². The number of carbonyl (C=O) groups excluding carboxylic acids is 1. The van der Waals surface area contributed by atoms with Crippen molar-refractivity contribution >= 4 is 34.7 Å². The summed E-state index contributed by atoms with van der Waals surface area (Å²) in [4.78, 5) is 18.5. The molecule has 0 radical (unpaired) electrons. The van der Waals surface area contributed by atoms with Crippen molar-refractivity contribution in [2.45, 2.75) is 26.2 Å². The summed E-state index contributed by atoms with van der Waals surface area (Å²) >= 11 is 12.3. The van der Waals surface area contributed by atoms with Crippen LogP contribution in [-0.4, -0.2) is 67.9 Å². The van der Waals surface area contributed by atoms with Gasteiger partial charge < -0.3 is 4.90 Å². The van der Waals surface area contributed by atoms with Crippen LogP contribution < -0.4 is 4.90 Å². The molecular formula is C20H29Cl2N3O. The van der Waals surface area contributed by atoms with E-state index in [1.807, 2.05) is 12.1 Å². The Bertz CT molecular complexity index is 589. The van der Waals surface area contributed by atoms with E-state index >= 15 is 0 Å². The number of anilines is 1. The van der Waals surface area contributed by atoms with Gasteiger partial charge in [-0.05, 0) is 69.9 Å². The van der Waals surface area contributed by atoms with E-state index in [0.717, 1.165) is 50.9 Å². The number of benzene rings is 1. The molecule has 1 aromatic rings. The molecule has 0 atom stereocenters. The summed E-state index contributed by atoms with van der Waals surface area (Å²) in [6, 6.07) is 5.78. The molecule has 0 aliphatic carbocycles. The van der Waals surface area contributed by atoms with Gasteiger partial charge in [-0.25, -0.2) is 0 Å². The molecule has 0 unspecified atom stereocenters. The van der Waals surface area contributed by atoms with Crippen LogP contribution in [0.1, 0.15) is 26.2 Å². The SMILES string of the molecule is CC(=O)CN1CCC(CCN2CCN(c3cc(Cl)cc(Cl)c3)CC2)CC1. The number of halogens is 2. The van der Waals surface area contributed by atoms with Crippen LogP contribution in [0.4, 0.5) is 5.69 Å². The van der Waals surface area contributed by atoms with E-state index in [-0.39, 0.29) is 5.78 Å². The molecule has 0 aromatic heterocycles. The molecule has 144 valence electrons. The van der Waals surface area contributed by atoms with Gasteiger partial charge in [0.1, 0.15) is 5.78 Å². The predicted molar refractivity (Wildman–Crippen MR) is 110 cm³/mol. The smallest absolute Gasteiger partial charge is 0.143 e. The summed E-state index contributed by atoms with van der Waals surface area (Å²) in [5.74, 6) is 1.09. The Kier molecular flexibility index (Phi) is 7.21. The van der Waals surface area contributed by atoms with Crippen molar-refractivity contribution in [3.63, 3.8) is 0 Å². The zero-order valence-corrected chi connectivity index (χ0v) is 17.1. The molecule has 2 aliphatic heterocycles. The Balaban J connectivity index is 1.37. The number of Topliss-reactive ketones (excluding diaryl/α,β-unsaturated/α-hetero) is 1. The summed E-state index contributed by atoms with van der Waals surface area (Å²) in [5, 5.41) is 1.40. The second kappa shape index (κ2) is 9.41. The maximum atomic E-state index is 11.2. The van der Waals surface area contributed by atoms with Gasteiger partial charge in [-0.1, -0.05) is 23.2 Å². The quantitative estimate of drug-likeness (QED) is 0.728. The van der Waals surface area contributed by atoms with Gasteiger partial charge in [-0.2, -0.15) is 0 Å². The van der Waals surface area contributed by atoms with Crippen LogP contribution >= 0.6 is 23.2 Å². The molecule has 0 bridgehead atoms. The zero-order valence-electron chi connectivity index (χ0n) is 15.6. The predicted octanol–water partition coefficient (Wildman–Crippen LogP) is 3.81. The highest BCUT2D eigenvalue weighted by molar-refractivity contribution is 6.35. The maximum absolute atomic E-state index is 11.2. The fourth-order valence-corrected chi connectivity index (χ4v) is 4.58. The van der Waals surface area contributed by atoms with E-state index < -0.39 is 0 Å². The lowest BCUT2D eigenvalue weighted by molar-refractivity contribution is -0.118. The first kappa shape index (κ1) is 19.9. The highest BCUT2D eigenvalue weighted by Gasteiger charge is 2.22. The maximum Gasteiger partial charge on any atom is 0.143 e. The van der Waals surface area contributed by atoms with E-state index in [2.05, 4.69) is 14.7 Å². The lowest BCUT2D eigenvalue weighted by Gasteiger charge is -2.37. The first-order valence-corrected chi connectivity index (χ1v) is 10.4. The third-order valence-corrected chi connectivity index (χ3v) is 6.03. The monoisotopic (exact) mass is 397 g/mol. The number of rotatable bonds is 6. The molecule has 26 heavy (non-hydrogen) atoms. The minimum absolute atomic E-state index is 0.280. The van der Waals surface area contributed by atoms with Crippen LogP contribution in [0.5, 0.6) is 0 Å². The molecule has 0 saturated carbocycles. The molecule has 2 fully saturated rings. The van der Waals surface area contributed by atoms with Crippen molar-refractivity contribution in [3.05, 3.63) is 28.2 Å². The number of hydrogen-bond donors (Lipinski definition) is 0. The van der Waals surface area contributed by atoms with Crippen molar-refractivity contribution in [2.24, 2.45) is 5.92 Å². The highest BCUT2D eigenvalue weighted by Crippen LogP contribution is 2.26. The van der Waals surface area contributed by atoms with Crippen LogP contribution in [0.2, 0.25) is 10.0 Å². The van der Waals surface area contributed by atoms with Crippen LogP contribution in [0.15, 0.2) is 18.2 Å². The number of ketones is 1. The van der Waals surface area contributed by atoms with Gasteiger partial charge in [0.05, 0.1) is 6.54 Å². The fraction of sp³-hybridized carbons (Fsp3) is 0.650. The summed E-state index contributed by atoms with van der Waals surface area (Å²) in [6.45, 7) is 9.87. The third kappa shape index (κ3) is 5.85. The number of piperidine rings is 1. The van der Waals surface area contributed by atoms with Gasteiger partial charge in [0, 0.05) is 41.9 Å². The molecule has 1 aromatic carbocycles. The Labute approximate surface area is 167 Å². The first-order valence-electron chi connectivity index (χ1n) is 9.65. The summed E-state index contributed by atoms with van der Waals surface area (Å²) in [5.41, 5.74) is 1.12. The van der Waals surface area contributed by atoms with Gasteiger partial charge in [-0.15, -0.1) is 0 Å². The normalized spacial score (nSPS) is 20.5. The Hall–Kier alpha value is -0.810. The first-order chi connectivity index (χ1) is 12.5. The molecule has 3 rings (SSSR count). The minimum Gasteiger partial charge on any atom is -0.369 e. The molecule has 2 saturated heterocycles. The van der Waals surface area contributed by atoms with Crippen molar-refractivity contribution in [2.75, 3.05) is 57.3 Å². The largest absolute Gasteiger partial charge is 0.369 e. The summed E-state index contributed by atoms with van der Waals surface area (Å²) in [7, 11) is 0. The standard InChI is InChI=1S/C20H29Cl2N3O/c1-16(26)15-24-6-3-17(4-7-24)2-5-23-8-10-25(11-9-23)20-13-18(21)12-19(22)14-20/h12-14,17H,2-11,15H2,1H3. The van der Waals surface area contributed by atoms with Crippen molar-refractivity contribution in [1.29, 1.82) is 0 Å². The highest BCUT2D eigenvalue weighted by atomic mass is 35.5. The molecule has 6 heteroatoms. The number of nitrogens with zero attached hydrogens (tertiary/aromatic N) is 3. The van der Waals surface area contributed by atoms with Gasteiger partial charge in [-0.3, -0.25) is 14.6 Å². The molecule has 4 nitrogen and oxygen atoms in total. The number of likely N-dealkylation sites (tertiary alicyclic amines) is 1. The molecule has 2 aliphatic rings. The van der Waals surface area contributed by atoms with Gasteiger partial charge in [0.25, 0.3) is 0 Å². The van der Waals surface area contributed by atoms with Crippen LogP contribution in [0.3, 0.4) is 0 Å². The van der Waals surface area contributed by atoms with Crippen LogP contribution in [0.25, 0.3) is 0 Å². The number of hydrogen-bond acceptors (Lipinski definition) is 4. The van der Waals surface area contributed by atoms with E-state index in [1.165, 1.54) is 25.8 Å². The fourth-order valence-electron chi connectivity index (χ4n) is 4.06. The molecular weight excluding hydrogens is 369 g/mol. The molecule has 0 amide bonds. The lowest BCUT2D eigenvalue weighted by atomic mass is 9.93. The molecule has 0 spiro atoms. The number of piperazine rings is 1. The van der Waals surface area contributed by atoms with Crippen LogP contribution in [-0.2, 0) is 4.79 Å². The second-order valence-electron chi connectivity index (χ2n) is 7.67. The Morgan fingerprint density at radius 1 is 0.962 bits per heavy atom. The van der Waals surface area contributed by atoms with Crippen molar-refractivity contribution in [1.82, 2.24) is 9.80 Å². The topological polar surface area (TPSA) is 26.8 Å².